The van der Waals surface area contributed by atoms with Crippen LogP contribution in [0.1, 0.15) is 36.1 Å². The van der Waals surface area contributed by atoms with Crippen molar-refractivity contribution in [3.8, 4) is 0 Å². The molecule has 0 bridgehead atoms. The summed E-state index contributed by atoms with van der Waals surface area (Å²) in [4.78, 5) is 24.6. The fourth-order valence-corrected chi connectivity index (χ4v) is 3.66. The Morgan fingerprint density at radius 3 is 2.60 bits per heavy atom. The van der Waals surface area contributed by atoms with Crippen molar-refractivity contribution in [2.75, 3.05) is 11.1 Å². The van der Waals surface area contributed by atoms with Crippen molar-refractivity contribution in [3.05, 3.63) is 71.8 Å². The molecule has 0 aliphatic carbocycles. The van der Waals surface area contributed by atoms with Crippen molar-refractivity contribution >= 4 is 29.3 Å². The van der Waals surface area contributed by atoms with Gasteiger partial charge in [-0.25, -0.2) is 4.39 Å². The van der Waals surface area contributed by atoms with Gasteiger partial charge in [-0.3, -0.25) is 9.59 Å². The zero-order chi connectivity index (χ0) is 21.5. The van der Waals surface area contributed by atoms with E-state index < -0.39 is 5.82 Å². The lowest BCUT2D eigenvalue weighted by Crippen LogP contribution is -2.28. The van der Waals surface area contributed by atoms with Gasteiger partial charge in [0.2, 0.25) is 5.91 Å². The van der Waals surface area contributed by atoms with E-state index in [1.807, 2.05) is 24.5 Å². The van der Waals surface area contributed by atoms with Gasteiger partial charge in [0, 0.05) is 17.8 Å². The number of hydrogen-bond acceptors (Lipinski definition) is 5. The summed E-state index contributed by atoms with van der Waals surface area (Å²) in [6, 6.07) is 14.3. The lowest BCUT2D eigenvalue weighted by molar-refractivity contribution is -0.113. The molecule has 1 heterocycles. The molecule has 7 nitrogen and oxygen atoms in total. The molecule has 2 amide bonds. The molecule has 3 aromatic rings. The van der Waals surface area contributed by atoms with Gasteiger partial charge in [0.05, 0.1) is 11.8 Å². The van der Waals surface area contributed by atoms with E-state index in [0.29, 0.717) is 28.8 Å². The van der Waals surface area contributed by atoms with Gasteiger partial charge in [-0.2, -0.15) is 0 Å². The van der Waals surface area contributed by atoms with E-state index in [0.717, 1.165) is 0 Å². The highest BCUT2D eigenvalue weighted by molar-refractivity contribution is 7.99. The molecule has 0 radical (unpaired) electrons. The number of halogens is 1. The van der Waals surface area contributed by atoms with E-state index in [1.54, 1.807) is 30.3 Å². The molecule has 3 rings (SSSR count). The third kappa shape index (κ3) is 5.44. The van der Waals surface area contributed by atoms with Crippen LogP contribution in [0.25, 0.3) is 0 Å². The zero-order valence-corrected chi connectivity index (χ0v) is 17.4. The highest BCUT2D eigenvalue weighted by Crippen LogP contribution is 2.21. The Hall–Kier alpha value is -3.20. The molecule has 1 aromatic heterocycles. The minimum absolute atomic E-state index is 0.0966. The van der Waals surface area contributed by atoms with E-state index >= 15 is 0 Å². The second-order valence-corrected chi connectivity index (χ2v) is 7.44. The van der Waals surface area contributed by atoms with Crippen LogP contribution in [0.2, 0.25) is 0 Å². The van der Waals surface area contributed by atoms with Crippen LogP contribution in [0.4, 0.5) is 10.1 Å². The predicted molar refractivity (Wildman–Crippen MR) is 114 cm³/mol. The number of nitrogens with zero attached hydrogens (tertiary/aromatic N) is 3. The van der Waals surface area contributed by atoms with Crippen molar-refractivity contribution in [3.63, 3.8) is 0 Å². The molecule has 0 saturated carbocycles. The van der Waals surface area contributed by atoms with Crippen molar-refractivity contribution in [2.24, 2.45) is 0 Å². The van der Waals surface area contributed by atoms with Crippen LogP contribution in [0.3, 0.4) is 0 Å². The Bertz CT molecular complexity index is 1030. The maximum atomic E-state index is 13.2. The number of anilines is 1. The molecule has 0 unspecified atom stereocenters. The van der Waals surface area contributed by atoms with Crippen LogP contribution in [-0.2, 0) is 11.3 Å². The second-order valence-electron chi connectivity index (χ2n) is 6.49. The average molecular weight is 428 g/mol. The van der Waals surface area contributed by atoms with Gasteiger partial charge < -0.3 is 15.2 Å². The number of rotatable bonds is 8. The summed E-state index contributed by atoms with van der Waals surface area (Å²) in [6.45, 7) is 4.36. The molecule has 0 aliphatic rings. The number of thioether (sulfide) groups is 1. The van der Waals surface area contributed by atoms with Crippen LogP contribution in [0, 0.1) is 5.82 Å². The summed E-state index contributed by atoms with van der Waals surface area (Å²) in [5.41, 5.74) is 0.964. The minimum atomic E-state index is -0.414. The normalized spacial score (nSPS) is 11.7. The first-order valence-electron chi connectivity index (χ1n) is 9.45. The molecule has 9 heteroatoms. The van der Waals surface area contributed by atoms with Crippen molar-refractivity contribution < 1.29 is 14.0 Å². The van der Waals surface area contributed by atoms with Gasteiger partial charge in [-0.05, 0) is 44.2 Å². The summed E-state index contributed by atoms with van der Waals surface area (Å²) < 4.78 is 15.1. The molecule has 2 aromatic carbocycles. The number of nitrogens with one attached hydrogen (secondary N) is 2. The first kappa shape index (κ1) is 21.5. The van der Waals surface area contributed by atoms with Crippen LogP contribution in [-0.4, -0.2) is 32.3 Å². The number of carbonyl (C=O) groups is 2. The Balaban J connectivity index is 1.62. The van der Waals surface area contributed by atoms with Crippen molar-refractivity contribution in [1.29, 1.82) is 0 Å². The van der Waals surface area contributed by atoms with E-state index in [4.69, 9.17) is 0 Å². The summed E-state index contributed by atoms with van der Waals surface area (Å²) in [7, 11) is 0. The van der Waals surface area contributed by atoms with Gasteiger partial charge >= 0.3 is 0 Å². The van der Waals surface area contributed by atoms with Gasteiger partial charge in [-0.1, -0.05) is 36.0 Å². The standard InChI is InChI=1S/C21H22FN5O2S/c1-3-27-19(14(2)23-20(29)15-8-5-4-6-9-15)25-26-21(27)30-13-18(28)24-17-11-7-10-16(22)12-17/h4-12,14H,3,13H2,1-2H3,(H,23,29)(H,24,28)/t14-/m1/s1. The van der Waals surface area contributed by atoms with E-state index in [9.17, 15) is 14.0 Å². The molecular weight excluding hydrogens is 405 g/mol. The van der Waals surface area contributed by atoms with Crippen LogP contribution >= 0.6 is 11.8 Å². The van der Waals surface area contributed by atoms with Crippen LogP contribution in [0.15, 0.2) is 59.8 Å². The Morgan fingerprint density at radius 2 is 1.90 bits per heavy atom. The molecule has 0 saturated heterocycles. The van der Waals surface area contributed by atoms with Crippen LogP contribution in [0.5, 0.6) is 0 Å². The van der Waals surface area contributed by atoms with Gasteiger partial charge in [-0.15, -0.1) is 10.2 Å². The molecule has 1 atom stereocenters. The van der Waals surface area contributed by atoms with Gasteiger partial charge in [0.15, 0.2) is 11.0 Å². The molecule has 30 heavy (non-hydrogen) atoms. The van der Waals surface area contributed by atoms with E-state index in [1.165, 1.54) is 30.0 Å². The summed E-state index contributed by atoms with van der Waals surface area (Å²) in [5, 5.41) is 14.5. The highest BCUT2D eigenvalue weighted by atomic mass is 32.2. The first-order chi connectivity index (χ1) is 14.5. The molecule has 156 valence electrons. The number of aromatic nitrogens is 3. The smallest absolute Gasteiger partial charge is 0.251 e. The quantitative estimate of drug-likeness (QED) is 0.536. The fraction of sp³-hybridized carbons (Fsp3) is 0.238. The highest BCUT2D eigenvalue weighted by Gasteiger charge is 2.20. The summed E-state index contributed by atoms with van der Waals surface area (Å²) in [6.07, 6.45) is 0. The van der Waals surface area contributed by atoms with Gasteiger partial charge in [0.25, 0.3) is 5.91 Å². The number of amides is 2. The lowest BCUT2D eigenvalue weighted by Gasteiger charge is -2.15. The SMILES string of the molecule is CCn1c(SCC(=O)Nc2cccc(F)c2)nnc1[C@@H](C)NC(=O)c1ccccc1. The van der Waals surface area contributed by atoms with E-state index in [-0.39, 0.29) is 23.6 Å². The molecular formula is C21H22FN5O2S. The van der Waals surface area contributed by atoms with Crippen molar-refractivity contribution in [1.82, 2.24) is 20.1 Å². The van der Waals surface area contributed by atoms with Gasteiger partial charge in [0.1, 0.15) is 5.82 Å². The zero-order valence-electron chi connectivity index (χ0n) is 16.6. The fourth-order valence-electron chi connectivity index (χ4n) is 2.85. The number of hydrogen-bond donors (Lipinski definition) is 2. The lowest BCUT2D eigenvalue weighted by atomic mass is 10.2. The Morgan fingerprint density at radius 1 is 1.13 bits per heavy atom. The van der Waals surface area contributed by atoms with Crippen molar-refractivity contribution in [2.45, 2.75) is 31.6 Å². The average Bonchev–Trinajstić information content (AvgIpc) is 3.16. The largest absolute Gasteiger partial charge is 0.342 e. The van der Waals surface area contributed by atoms with Crippen LogP contribution < -0.4 is 10.6 Å². The third-order valence-corrected chi connectivity index (χ3v) is 5.24. The third-order valence-electron chi connectivity index (χ3n) is 4.27. The Kier molecular flexibility index (Phi) is 7.18. The Labute approximate surface area is 178 Å². The number of benzene rings is 2. The maximum Gasteiger partial charge on any atom is 0.251 e. The summed E-state index contributed by atoms with van der Waals surface area (Å²) >= 11 is 1.23. The van der Waals surface area contributed by atoms with E-state index in [2.05, 4.69) is 20.8 Å². The topological polar surface area (TPSA) is 88.9 Å². The molecule has 0 spiro atoms. The minimum Gasteiger partial charge on any atom is -0.342 e. The molecule has 0 fully saturated rings. The molecule has 2 N–H and O–H groups in total. The predicted octanol–water partition coefficient (Wildman–Crippen LogP) is 3.66. The number of carbonyl (C=O) groups excluding carboxylic acids is 2. The molecule has 0 aliphatic heterocycles. The summed E-state index contributed by atoms with van der Waals surface area (Å²) in [5.74, 6) is -0.183. The first-order valence-corrected chi connectivity index (χ1v) is 10.4. The monoisotopic (exact) mass is 427 g/mol. The maximum absolute atomic E-state index is 13.2. The second kappa shape index (κ2) is 10.0.